The minimum absolute atomic E-state index is 0.0470. The lowest BCUT2D eigenvalue weighted by Crippen LogP contribution is -2.03. The Labute approximate surface area is 115 Å². The summed E-state index contributed by atoms with van der Waals surface area (Å²) in [5, 5.41) is 9.59. The van der Waals surface area contributed by atoms with Crippen molar-refractivity contribution in [2.75, 3.05) is 0 Å². The SMILES string of the molecule is Cc1ccnc(SCc2ccccc2CC(=O)O)n1. The average Bonchev–Trinajstić information content (AvgIpc) is 2.37. The van der Waals surface area contributed by atoms with E-state index in [2.05, 4.69) is 9.97 Å². The van der Waals surface area contributed by atoms with Crippen molar-refractivity contribution in [1.29, 1.82) is 0 Å². The van der Waals surface area contributed by atoms with Crippen LogP contribution in [0, 0.1) is 6.92 Å². The first-order valence-electron chi connectivity index (χ1n) is 5.86. The van der Waals surface area contributed by atoms with Crippen molar-refractivity contribution in [2.24, 2.45) is 0 Å². The lowest BCUT2D eigenvalue weighted by Gasteiger charge is -2.06. The minimum atomic E-state index is -0.816. The summed E-state index contributed by atoms with van der Waals surface area (Å²) in [6, 6.07) is 9.42. The first-order chi connectivity index (χ1) is 9.15. The van der Waals surface area contributed by atoms with Gasteiger partial charge in [-0.2, -0.15) is 0 Å². The molecule has 1 aromatic carbocycles. The summed E-state index contributed by atoms with van der Waals surface area (Å²) in [7, 11) is 0. The minimum Gasteiger partial charge on any atom is -0.481 e. The van der Waals surface area contributed by atoms with Gasteiger partial charge in [0.05, 0.1) is 6.42 Å². The number of nitrogens with zero attached hydrogens (tertiary/aromatic N) is 2. The van der Waals surface area contributed by atoms with E-state index >= 15 is 0 Å². The summed E-state index contributed by atoms with van der Waals surface area (Å²) < 4.78 is 0. The lowest BCUT2D eigenvalue weighted by molar-refractivity contribution is -0.136. The highest BCUT2D eigenvalue weighted by Crippen LogP contribution is 2.21. The van der Waals surface area contributed by atoms with Crippen LogP contribution in [-0.2, 0) is 17.0 Å². The van der Waals surface area contributed by atoms with Crippen molar-refractivity contribution in [3.8, 4) is 0 Å². The maximum absolute atomic E-state index is 10.8. The average molecular weight is 274 g/mol. The Bertz CT molecular complexity index is 587. The second-order valence-corrected chi connectivity index (χ2v) is 5.05. The molecule has 0 saturated carbocycles. The van der Waals surface area contributed by atoms with E-state index in [1.54, 1.807) is 6.20 Å². The Morgan fingerprint density at radius 1 is 1.26 bits per heavy atom. The molecular weight excluding hydrogens is 260 g/mol. The number of aromatic nitrogens is 2. The van der Waals surface area contributed by atoms with Crippen molar-refractivity contribution < 1.29 is 9.90 Å². The number of aryl methyl sites for hydroxylation is 1. The van der Waals surface area contributed by atoms with Gasteiger partial charge in [-0.25, -0.2) is 9.97 Å². The fraction of sp³-hybridized carbons (Fsp3) is 0.214. The molecule has 1 N–H and O–H groups in total. The monoisotopic (exact) mass is 274 g/mol. The van der Waals surface area contributed by atoms with Crippen LogP contribution in [0.15, 0.2) is 41.7 Å². The quantitative estimate of drug-likeness (QED) is 0.671. The number of hydrogen-bond donors (Lipinski definition) is 1. The van der Waals surface area contributed by atoms with E-state index in [-0.39, 0.29) is 6.42 Å². The zero-order valence-electron chi connectivity index (χ0n) is 10.5. The first-order valence-corrected chi connectivity index (χ1v) is 6.85. The predicted molar refractivity (Wildman–Crippen MR) is 74.1 cm³/mol. The zero-order chi connectivity index (χ0) is 13.7. The molecule has 0 amide bonds. The highest BCUT2D eigenvalue weighted by molar-refractivity contribution is 7.98. The van der Waals surface area contributed by atoms with Crippen LogP contribution < -0.4 is 0 Å². The van der Waals surface area contributed by atoms with E-state index in [9.17, 15) is 4.79 Å². The van der Waals surface area contributed by atoms with Crippen LogP contribution in [0.1, 0.15) is 16.8 Å². The normalized spacial score (nSPS) is 10.4. The smallest absolute Gasteiger partial charge is 0.307 e. The molecule has 4 nitrogen and oxygen atoms in total. The largest absolute Gasteiger partial charge is 0.481 e. The summed E-state index contributed by atoms with van der Waals surface area (Å²) in [6.07, 6.45) is 1.78. The fourth-order valence-corrected chi connectivity index (χ4v) is 2.58. The summed E-state index contributed by atoms with van der Waals surface area (Å²) in [5.74, 6) is -0.142. The number of carboxylic acids is 1. The second-order valence-electron chi connectivity index (χ2n) is 4.11. The molecule has 0 aliphatic rings. The number of benzene rings is 1. The molecular formula is C14H14N2O2S. The zero-order valence-corrected chi connectivity index (χ0v) is 11.4. The molecule has 1 aromatic heterocycles. The van der Waals surface area contributed by atoms with E-state index in [0.29, 0.717) is 10.9 Å². The summed E-state index contributed by atoms with van der Waals surface area (Å²) in [4.78, 5) is 19.3. The molecule has 0 fully saturated rings. The van der Waals surface area contributed by atoms with Crippen molar-refractivity contribution in [3.05, 3.63) is 53.3 Å². The van der Waals surface area contributed by atoms with Gasteiger partial charge in [0.15, 0.2) is 5.16 Å². The molecule has 0 unspecified atom stereocenters. The van der Waals surface area contributed by atoms with E-state index in [1.165, 1.54) is 11.8 Å². The molecule has 2 rings (SSSR count). The molecule has 5 heteroatoms. The van der Waals surface area contributed by atoms with Crippen LogP contribution in [0.3, 0.4) is 0 Å². The van der Waals surface area contributed by atoms with Crippen LogP contribution in [0.2, 0.25) is 0 Å². The molecule has 0 aliphatic carbocycles. The van der Waals surface area contributed by atoms with Gasteiger partial charge < -0.3 is 5.11 Å². The van der Waals surface area contributed by atoms with Crippen LogP contribution in [-0.4, -0.2) is 21.0 Å². The third kappa shape index (κ3) is 4.06. The molecule has 0 bridgehead atoms. The number of thioether (sulfide) groups is 1. The predicted octanol–water partition coefficient (Wildman–Crippen LogP) is 2.70. The Kier molecular flexibility index (Phi) is 4.52. The summed E-state index contributed by atoms with van der Waals surface area (Å²) in [6.45, 7) is 1.92. The number of hydrogen-bond acceptors (Lipinski definition) is 4. The van der Waals surface area contributed by atoms with E-state index in [4.69, 9.17) is 5.11 Å². The molecule has 0 spiro atoms. The van der Waals surface area contributed by atoms with Gasteiger partial charge in [-0.3, -0.25) is 4.79 Å². The molecule has 19 heavy (non-hydrogen) atoms. The number of rotatable bonds is 5. The Morgan fingerprint density at radius 2 is 2.00 bits per heavy atom. The Hall–Kier alpha value is -1.88. The van der Waals surface area contributed by atoms with Crippen molar-refractivity contribution >= 4 is 17.7 Å². The number of carboxylic acid groups (broad SMARTS) is 1. The Balaban J connectivity index is 2.09. The standard InChI is InChI=1S/C14H14N2O2S/c1-10-6-7-15-14(16-10)19-9-12-5-3-2-4-11(12)8-13(17)18/h2-7H,8-9H2,1H3,(H,17,18). The Morgan fingerprint density at radius 3 is 2.68 bits per heavy atom. The third-order valence-electron chi connectivity index (χ3n) is 2.59. The molecule has 0 atom stereocenters. The van der Waals surface area contributed by atoms with Crippen molar-refractivity contribution in [1.82, 2.24) is 9.97 Å². The second kappa shape index (κ2) is 6.33. The van der Waals surface area contributed by atoms with Gasteiger partial charge >= 0.3 is 5.97 Å². The van der Waals surface area contributed by atoms with Crippen LogP contribution >= 0.6 is 11.8 Å². The maximum Gasteiger partial charge on any atom is 0.307 e. The first kappa shape index (κ1) is 13.5. The van der Waals surface area contributed by atoms with E-state index < -0.39 is 5.97 Å². The van der Waals surface area contributed by atoms with Gasteiger partial charge in [-0.05, 0) is 24.1 Å². The van der Waals surface area contributed by atoms with Crippen LogP contribution in [0.4, 0.5) is 0 Å². The van der Waals surface area contributed by atoms with Crippen molar-refractivity contribution in [3.63, 3.8) is 0 Å². The van der Waals surface area contributed by atoms with Crippen LogP contribution in [0.25, 0.3) is 0 Å². The topological polar surface area (TPSA) is 63.1 Å². The number of aliphatic carboxylic acids is 1. The third-order valence-corrected chi connectivity index (χ3v) is 3.50. The maximum atomic E-state index is 10.8. The fourth-order valence-electron chi connectivity index (χ4n) is 1.67. The lowest BCUT2D eigenvalue weighted by atomic mass is 10.1. The highest BCUT2D eigenvalue weighted by Gasteiger charge is 2.07. The molecule has 1 heterocycles. The van der Waals surface area contributed by atoms with Gasteiger partial charge in [-0.1, -0.05) is 36.0 Å². The molecule has 0 radical (unpaired) electrons. The van der Waals surface area contributed by atoms with Gasteiger partial charge in [-0.15, -0.1) is 0 Å². The molecule has 98 valence electrons. The highest BCUT2D eigenvalue weighted by atomic mass is 32.2. The van der Waals surface area contributed by atoms with Gasteiger partial charge in [0, 0.05) is 17.6 Å². The van der Waals surface area contributed by atoms with Crippen LogP contribution in [0.5, 0.6) is 0 Å². The van der Waals surface area contributed by atoms with Gasteiger partial charge in [0.1, 0.15) is 0 Å². The van der Waals surface area contributed by atoms with Gasteiger partial charge in [0.2, 0.25) is 0 Å². The summed E-state index contributed by atoms with van der Waals surface area (Å²) >= 11 is 1.51. The summed E-state index contributed by atoms with van der Waals surface area (Å²) in [5.41, 5.74) is 2.78. The molecule has 2 aromatic rings. The van der Waals surface area contributed by atoms with Crippen molar-refractivity contribution in [2.45, 2.75) is 24.3 Å². The van der Waals surface area contributed by atoms with E-state index in [0.717, 1.165) is 16.8 Å². The van der Waals surface area contributed by atoms with E-state index in [1.807, 2.05) is 37.3 Å². The molecule has 0 saturated heterocycles. The number of carbonyl (C=O) groups is 1. The van der Waals surface area contributed by atoms with Gasteiger partial charge in [0.25, 0.3) is 0 Å². The molecule has 0 aliphatic heterocycles.